The van der Waals surface area contributed by atoms with E-state index in [4.69, 9.17) is 0 Å². The van der Waals surface area contributed by atoms with Crippen LogP contribution in [0.15, 0.2) is 30.3 Å². The zero-order chi connectivity index (χ0) is 11.8. The van der Waals surface area contributed by atoms with E-state index in [0.29, 0.717) is 5.78 Å². The predicted octanol–water partition coefficient (Wildman–Crippen LogP) is 4.33. The lowest BCUT2D eigenvalue weighted by molar-refractivity contribution is -0.120. The number of unbranched alkanes of at least 4 members (excludes halogenated alkanes) is 2. The SMILES string of the molecule is CCCCCC(=O)C(CC)c1ccccc1. The molecule has 0 bridgehead atoms. The lowest BCUT2D eigenvalue weighted by Crippen LogP contribution is -2.11. The van der Waals surface area contributed by atoms with E-state index < -0.39 is 0 Å². The van der Waals surface area contributed by atoms with Gasteiger partial charge in [0.25, 0.3) is 0 Å². The van der Waals surface area contributed by atoms with Crippen molar-refractivity contribution in [2.45, 2.75) is 51.9 Å². The summed E-state index contributed by atoms with van der Waals surface area (Å²) in [6, 6.07) is 10.1. The molecule has 0 saturated carbocycles. The Balaban J connectivity index is 2.57. The van der Waals surface area contributed by atoms with Crippen molar-refractivity contribution >= 4 is 5.78 Å². The zero-order valence-corrected chi connectivity index (χ0v) is 10.4. The second-order valence-electron chi connectivity index (χ2n) is 4.29. The summed E-state index contributed by atoms with van der Waals surface area (Å²) in [7, 11) is 0. The number of benzene rings is 1. The van der Waals surface area contributed by atoms with Crippen molar-refractivity contribution in [1.29, 1.82) is 0 Å². The third-order valence-corrected chi connectivity index (χ3v) is 3.03. The fourth-order valence-corrected chi connectivity index (χ4v) is 2.06. The lowest BCUT2D eigenvalue weighted by Gasteiger charge is -2.13. The van der Waals surface area contributed by atoms with Crippen LogP contribution in [-0.4, -0.2) is 5.78 Å². The number of carbonyl (C=O) groups excluding carboxylic acids is 1. The van der Waals surface area contributed by atoms with Crippen LogP contribution >= 0.6 is 0 Å². The van der Waals surface area contributed by atoms with Crippen molar-refractivity contribution < 1.29 is 4.79 Å². The van der Waals surface area contributed by atoms with Crippen molar-refractivity contribution in [3.63, 3.8) is 0 Å². The summed E-state index contributed by atoms with van der Waals surface area (Å²) in [4.78, 5) is 12.0. The van der Waals surface area contributed by atoms with Gasteiger partial charge in [0.1, 0.15) is 5.78 Å². The van der Waals surface area contributed by atoms with Crippen LogP contribution in [0.25, 0.3) is 0 Å². The first-order valence-electron chi connectivity index (χ1n) is 6.37. The van der Waals surface area contributed by atoms with E-state index in [-0.39, 0.29) is 5.92 Å². The standard InChI is InChI=1S/C15H22O/c1-3-5-7-12-15(16)14(4-2)13-10-8-6-9-11-13/h6,8-11,14H,3-5,7,12H2,1-2H3. The normalized spacial score (nSPS) is 12.4. The molecule has 1 unspecified atom stereocenters. The smallest absolute Gasteiger partial charge is 0.140 e. The summed E-state index contributed by atoms with van der Waals surface area (Å²) >= 11 is 0. The van der Waals surface area contributed by atoms with E-state index in [0.717, 1.165) is 25.7 Å². The van der Waals surface area contributed by atoms with E-state index in [1.165, 1.54) is 12.0 Å². The Kier molecular flexibility index (Phi) is 5.84. The van der Waals surface area contributed by atoms with E-state index in [1.54, 1.807) is 0 Å². The molecule has 0 heterocycles. The van der Waals surface area contributed by atoms with Gasteiger partial charge in [0.2, 0.25) is 0 Å². The molecule has 0 radical (unpaired) electrons. The molecule has 0 amide bonds. The minimum absolute atomic E-state index is 0.109. The van der Waals surface area contributed by atoms with Crippen molar-refractivity contribution in [3.05, 3.63) is 35.9 Å². The topological polar surface area (TPSA) is 17.1 Å². The van der Waals surface area contributed by atoms with Gasteiger partial charge in [-0.2, -0.15) is 0 Å². The average molecular weight is 218 g/mol. The molecule has 0 N–H and O–H groups in total. The van der Waals surface area contributed by atoms with Crippen LogP contribution in [0.5, 0.6) is 0 Å². The highest BCUT2D eigenvalue weighted by Gasteiger charge is 2.17. The fourth-order valence-electron chi connectivity index (χ4n) is 2.06. The quantitative estimate of drug-likeness (QED) is 0.622. The number of Topliss-reactive ketones (excluding diaryl/α,β-unsaturated/α-hetero) is 1. The van der Waals surface area contributed by atoms with Gasteiger partial charge in [0.15, 0.2) is 0 Å². The van der Waals surface area contributed by atoms with Crippen molar-refractivity contribution in [2.24, 2.45) is 0 Å². The molecule has 0 aliphatic rings. The van der Waals surface area contributed by atoms with Gasteiger partial charge in [-0.25, -0.2) is 0 Å². The van der Waals surface area contributed by atoms with Crippen LogP contribution in [0.1, 0.15) is 57.4 Å². The number of hydrogen-bond acceptors (Lipinski definition) is 1. The summed E-state index contributed by atoms with van der Waals surface area (Å²) in [5, 5.41) is 0. The molecule has 88 valence electrons. The van der Waals surface area contributed by atoms with Crippen LogP contribution in [-0.2, 0) is 4.79 Å². The molecular formula is C15H22O. The summed E-state index contributed by atoms with van der Waals surface area (Å²) in [5.41, 5.74) is 1.17. The lowest BCUT2D eigenvalue weighted by atomic mass is 9.90. The van der Waals surface area contributed by atoms with Crippen LogP contribution in [0, 0.1) is 0 Å². The minimum atomic E-state index is 0.109. The van der Waals surface area contributed by atoms with Crippen molar-refractivity contribution in [1.82, 2.24) is 0 Å². The summed E-state index contributed by atoms with van der Waals surface area (Å²) in [6.07, 6.45) is 5.03. The highest BCUT2D eigenvalue weighted by Crippen LogP contribution is 2.22. The molecule has 0 aromatic heterocycles. The zero-order valence-electron chi connectivity index (χ0n) is 10.4. The Labute approximate surface area is 98.9 Å². The van der Waals surface area contributed by atoms with Crippen molar-refractivity contribution in [2.75, 3.05) is 0 Å². The first-order chi connectivity index (χ1) is 7.79. The summed E-state index contributed by atoms with van der Waals surface area (Å²) < 4.78 is 0. The van der Waals surface area contributed by atoms with Gasteiger partial charge < -0.3 is 0 Å². The molecule has 0 fully saturated rings. The molecule has 1 heteroatoms. The predicted molar refractivity (Wildman–Crippen MR) is 68.6 cm³/mol. The molecule has 0 aliphatic carbocycles. The van der Waals surface area contributed by atoms with Gasteiger partial charge in [-0.1, -0.05) is 57.0 Å². The maximum atomic E-state index is 12.0. The Morgan fingerprint density at radius 1 is 1.12 bits per heavy atom. The minimum Gasteiger partial charge on any atom is -0.299 e. The third-order valence-electron chi connectivity index (χ3n) is 3.03. The number of ketones is 1. The Bertz CT molecular complexity index is 302. The van der Waals surface area contributed by atoms with E-state index in [2.05, 4.69) is 26.0 Å². The van der Waals surface area contributed by atoms with E-state index >= 15 is 0 Å². The average Bonchev–Trinajstić information content (AvgIpc) is 2.32. The van der Waals surface area contributed by atoms with E-state index in [9.17, 15) is 4.79 Å². The third kappa shape index (κ3) is 3.80. The maximum Gasteiger partial charge on any atom is 0.140 e. The van der Waals surface area contributed by atoms with Crippen LogP contribution in [0.4, 0.5) is 0 Å². The molecule has 1 atom stereocenters. The van der Waals surface area contributed by atoms with Gasteiger partial charge in [0.05, 0.1) is 0 Å². The molecule has 0 saturated heterocycles. The second-order valence-corrected chi connectivity index (χ2v) is 4.29. The molecule has 16 heavy (non-hydrogen) atoms. The Morgan fingerprint density at radius 3 is 2.38 bits per heavy atom. The molecule has 1 nitrogen and oxygen atoms in total. The van der Waals surface area contributed by atoms with Gasteiger partial charge >= 0.3 is 0 Å². The van der Waals surface area contributed by atoms with Crippen LogP contribution < -0.4 is 0 Å². The highest BCUT2D eigenvalue weighted by atomic mass is 16.1. The molecule has 0 spiro atoms. The largest absolute Gasteiger partial charge is 0.299 e. The van der Waals surface area contributed by atoms with Gasteiger partial charge in [-0.05, 0) is 18.4 Å². The Hall–Kier alpha value is -1.11. The molecule has 1 aromatic rings. The van der Waals surface area contributed by atoms with Gasteiger partial charge in [0, 0.05) is 12.3 Å². The van der Waals surface area contributed by atoms with Gasteiger partial charge in [-0.3, -0.25) is 4.79 Å². The summed E-state index contributed by atoms with van der Waals surface area (Å²) in [6.45, 7) is 4.26. The molecule has 1 rings (SSSR count). The highest BCUT2D eigenvalue weighted by molar-refractivity contribution is 5.85. The fraction of sp³-hybridized carbons (Fsp3) is 0.533. The second kappa shape index (κ2) is 7.21. The monoisotopic (exact) mass is 218 g/mol. The Morgan fingerprint density at radius 2 is 1.81 bits per heavy atom. The first-order valence-corrected chi connectivity index (χ1v) is 6.37. The number of rotatable bonds is 7. The van der Waals surface area contributed by atoms with E-state index in [1.807, 2.05) is 18.2 Å². The molecule has 0 aliphatic heterocycles. The maximum absolute atomic E-state index is 12.0. The number of hydrogen-bond donors (Lipinski definition) is 0. The van der Waals surface area contributed by atoms with Crippen LogP contribution in [0.2, 0.25) is 0 Å². The first kappa shape index (κ1) is 13.0. The van der Waals surface area contributed by atoms with Gasteiger partial charge in [-0.15, -0.1) is 0 Å². The molecule has 1 aromatic carbocycles. The summed E-state index contributed by atoms with van der Waals surface area (Å²) in [5.74, 6) is 0.514. The number of carbonyl (C=O) groups is 1. The van der Waals surface area contributed by atoms with Crippen LogP contribution in [0.3, 0.4) is 0 Å². The molecular weight excluding hydrogens is 196 g/mol. The van der Waals surface area contributed by atoms with Crippen molar-refractivity contribution in [3.8, 4) is 0 Å².